The van der Waals surface area contributed by atoms with Gasteiger partial charge in [0, 0.05) is 25.8 Å². The zero-order valence-electron chi connectivity index (χ0n) is 15.3. The first-order chi connectivity index (χ1) is 13.8. The quantitative estimate of drug-likeness (QED) is 0.693. The number of hydrogen-bond donors (Lipinski definition) is 0. The number of ether oxygens (including phenoxy) is 1. The SMILES string of the molecule is O=C(c1cc2ccsc2cn1)N1CC2CC3CC1C(OC(=O)C(F)(F)F)N(C3)C2. The maximum atomic E-state index is 13.3. The van der Waals surface area contributed by atoms with Gasteiger partial charge in [-0.05, 0) is 47.6 Å². The Labute approximate surface area is 168 Å². The second kappa shape index (κ2) is 6.66. The number of pyridine rings is 1. The van der Waals surface area contributed by atoms with Crippen LogP contribution in [-0.2, 0) is 9.53 Å². The standard InChI is InChI=1S/C19H18F3N3O3S/c20-19(21,22)18(27)28-17-14-4-10-3-11(8-24(17)7-10)9-25(14)16(26)13-5-12-1-2-29-15(12)6-23-13/h1-2,5-6,10-11,14,17H,3-4,7-9H2. The predicted octanol–water partition coefficient (Wildman–Crippen LogP) is 2.89. The van der Waals surface area contributed by atoms with Crippen molar-refractivity contribution in [1.82, 2.24) is 14.8 Å². The minimum absolute atomic E-state index is 0.141. The van der Waals surface area contributed by atoms with Crippen molar-refractivity contribution < 1.29 is 27.5 Å². The molecule has 0 saturated carbocycles. The van der Waals surface area contributed by atoms with Gasteiger partial charge in [0.15, 0.2) is 6.23 Å². The number of thiophene rings is 1. The molecule has 4 saturated heterocycles. The number of alkyl halides is 3. The van der Waals surface area contributed by atoms with E-state index in [9.17, 15) is 22.8 Å². The van der Waals surface area contributed by atoms with Gasteiger partial charge < -0.3 is 9.64 Å². The average molecular weight is 425 g/mol. The largest absolute Gasteiger partial charge is 0.490 e. The Morgan fingerprint density at radius 2 is 1.97 bits per heavy atom. The van der Waals surface area contributed by atoms with Crippen LogP contribution in [0.4, 0.5) is 13.2 Å². The molecular formula is C19H18F3N3O3S. The van der Waals surface area contributed by atoms with E-state index in [-0.39, 0.29) is 23.4 Å². The molecule has 6 rings (SSSR count). The summed E-state index contributed by atoms with van der Waals surface area (Å²) in [7, 11) is 0. The van der Waals surface area contributed by atoms with Gasteiger partial charge in [-0.15, -0.1) is 11.3 Å². The smallest absolute Gasteiger partial charge is 0.437 e. The van der Waals surface area contributed by atoms with Gasteiger partial charge >= 0.3 is 12.1 Å². The number of hydrogen-bond acceptors (Lipinski definition) is 6. The molecule has 4 aliphatic heterocycles. The first-order valence-corrected chi connectivity index (χ1v) is 10.3. The summed E-state index contributed by atoms with van der Waals surface area (Å²) in [5.41, 5.74) is 0.257. The van der Waals surface area contributed by atoms with Crippen LogP contribution < -0.4 is 0 Å². The number of aromatic nitrogens is 1. The second-order valence-corrected chi connectivity index (χ2v) is 8.95. The number of amides is 1. The molecule has 2 aromatic rings. The van der Waals surface area contributed by atoms with Gasteiger partial charge in [0.2, 0.25) is 0 Å². The van der Waals surface area contributed by atoms with Crippen LogP contribution in [0.15, 0.2) is 23.7 Å². The van der Waals surface area contributed by atoms with Crippen LogP contribution in [0.5, 0.6) is 0 Å². The Kier molecular flexibility index (Phi) is 4.32. The fourth-order valence-corrected chi connectivity index (χ4v) is 5.70. The van der Waals surface area contributed by atoms with Gasteiger partial charge in [0.05, 0.1) is 10.7 Å². The third-order valence-corrected chi connectivity index (χ3v) is 6.92. The van der Waals surface area contributed by atoms with Gasteiger partial charge in [-0.1, -0.05) is 0 Å². The molecule has 10 heteroatoms. The first kappa shape index (κ1) is 18.8. The monoisotopic (exact) mass is 425 g/mol. The maximum absolute atomic E-state index is 13.3. The van der Waals surface area contributed by atoms with E-state index in [0.717, 1.165) is 16.5 Å². The lowest BCUT2D eigenvalue weighted by molar-refractivity contribution is -0.221. The van der Waals surface area contributed by atoms with Crippen molar-refractivity contribution in [2.24, 2.45) is 11.8 Å². The maximum Gasteiger partial charge on any atom is 0.490 e. The van der Waals surface area contributed by atoms with Gasteiger partial charge in [0.1, 0.15) is 5.69 Å². The molecular weight excluding hydrogens is 407 g/mol. The van der Waals surface area contributed by atoms with Gasteiger partial charge in [-0.25, -0.2) is 9.78 Å². The Bertz CT molecular complexity index is 978. The normalized spacial score (nSPS) is 31.1. The van der Waals surface area contributed by atoms with E-state index in [4.69, 9.17) is 4.74 Å². The zero-order valence-corrected chi connectivity index (χ0v) is 16.1. The number of nitrogens with zero attached hydrogens (tertiary/aromatic N) is 3. The minimum atomic E-state index is -5.06. The van der Waals surface area contributed by atoms with E-state index in [2.05, 4.69) is 4.98 Å². The van der Waals surface area contributed by atoms with Crippen molar-refractivity contribution in [1.29, 1.82) is 0 Å². The van der Waals surface area contributed by atoms with Gasteiger partial charge in [-0.3, -0.25) is 9.69 Å². The molecule has 4 aliphatic rings. The summed E-state index contributed by atoms with van der Waals surface area (Å²) in [4.78, 5) is 32.5. The number of esters is 1. The lowest BCUT2D eigenvalue weighted by atomic mass is 9.83. The number of carbonyl (C=O) groups is 2. The molecule has 154 valence electrons. The topological polar surface area (TPSA) is 62.7 Å². The van der Waals surface area contributed by atoms with Crippen LogP contribution in [0, 0.1) is 11.8 Å². The van der Waals surface area contributed by atoms with Crippen molar-refractivity contribution in [3.8, 4) is 0 Å². The Morgan fingerprint density at radius 3 is 2.76 bits per heavy atom. The Hall–Kier alpha value is -2.20. The summed E-state index contributed by atoms with van der Waals surface area (Å²) in [5, 5.41) is 2.81. The van der Waals surface area contributed by atoms with E-state index in [1.807, 2.05) is 11.4 Å². The first-order valence-electron chi connectivity index (χ1n) is 9.45. The third-order valence-electron chi connectivity index (χ3n) is 6.05. The zero-order chi connectivity index (χ0) is 20.3. The molecule has 29 heavy (non-hydrogen) atoms. The van der Waals surface area contributed by atoms with E-state index < -0.39 is 24.4 Å². The molecule has 0 N–H and O–H groups in total. The highest BCUT2D eigenvalue weighted by Gasteiger charge is 2.53. The molecule has 1 amide bonds. The van der Waals surface area contributed by atoms with Crippen molar-refractivity contribution in [3.05, 3.63) is 29.4 Å². The Morgan fingerprint density at radius 1 is 1.17 bits per heavy atom. The molecule has 6 nitrogen and oxygen atoms in total. The molecule has 0 radical (unpaired) electrons. The summed E-state index contributed by atoms with van der Waals surface area (Å²) in [6.45, 7) is 1.54. The highest BCUT2D eigenvalue weighted by Crippen LogP contribution is 2.41. The van der Waals surface area contributed by atoms with Crippen LogP contribution in [0.1, 0.15) is 23.3 Å². The molecule has 0 spiro atoms. The van der Waals surface area contributed by atoms with E-state index in [1.54, 1.807) is 22.1 Å². The van der Waals surface area contributed by atoms with Gasteiger partial charge in [-0.2, -0.15) is 13.2 Å². The highest BCUT2D eigenvalue weighted by atomic mass is 32.1. The van der Waals surface area contributed by atoms with E-state index in [1.165, 1.54) is 11.3 Å². The minimum Gasteiger partial charge on any atom is -0.437 e. The van der Waals surface area contributed by atoms with Crippen LogP contribution in [-0.4, -0.2) is 64.7 Å². The van der Waals surface area contributed by atoms with Crippen LogP contribution in [0.2, 0.25) is 0 Å². The lowest BCUT2D eigenvalue weighted by Gasteiger charge is -2.46. The van der Waals surface area contributed by atoms with Crippen LogP contribution in [0.25, 0.3) is 10.1 Å². The van der Waals surface area contributed by atoms with Crippen molar-refractivity contribution >= 4 is 33.3 Å². The highest BCUT2D eigenvalue weighted by molar-refractivity contribution is 7.17. The molecule has 5 unspecified atom stereocenters. The second-order valence-electron chi connectivity index (χ2n) is 8.00. The lowest BCUT2D eigenvalue weighted by Crippen LogP contribution is -2.59. The van der Waals surface area contributed by atoms with Crippen molar-refractivity contribution in [2.45, 2.75) is 31.3 Å². The van der Waals surface area contributed by atoms with Crippen LogP contribution >= 0.6 is 11.3 Å². The number of halogens is 3. The summed E-state index contributed by atoms with van der Waals surface area (Å²) >= 11 is 1.52. The Balaban J connectivity index is 1.47. The van der Waals surface area contributed by atoms with Crippen molar-refractivity contribution in [2.75, 3.05) is 19.6 Å². The average Bonchev–Trinajstić information content (AvgIpc) is 3.06. The molecule has 5 atom stereocenters. The third kappa shape index (κ3) is 3.28. The molecule has 0 aromatic carbocycles. The number of fused-ring (bicyclic) bond motifs is 2. The molecule has 6 heterocycles. The summed E-state index contributed by atoms with van der Waals surface area (Å²) in [5.74, 6) is -2.11. The number of rotatable bonds is 2. The van der Waals surface area contributed by atoms with E-state index in [0.29, 0.717) is 26.1 Å². The molecule has 4 fully saturated rings. The van der Waals surface area contributed by atoms with Crippen molar-refractivity contribution in [3.63, 3.8) is 0 Å². The predicted molar refractivity (Wildman–Crippen MR) is 98.2 cm³/mol. The fourth-order valence-electron chi connectivity index (χ4n) is 4.96. The molecule has 4 bridgehead atoms. The fraction of sp³-hybridized carbons (Fsp3) is 0.526. The molecule has 0 aliphatic carbocycles. The van der Waals surface area contributed by atoms with Gasteiger partial charge in [0.25, 0.3) is 5.91 Å². The van der Waals surface area contributed by atoms with E-state index >= 15 is 0 Å². The summed E-state index contributed by atoms with van der Waals surface area (Å²) in [6, 6.07) is 2.99. The number of carbonyl (C=O) groups excluding carboxylic acids is 2. The number of piperidine rings is 2. The molecule has 2 aromatic heterocycles. The van der Waals surface area contributed by atoms with Crippen LogP contribution in [0.3, 0.4) is 0 Å². The summed E-state index contributed by atoms with van der Waals surface area (Å²) < 4.78 is 44.3. The summed E-state index contributed by atoms with van der Waals surface area (Å²) in [6.07, 6.45) is -3.06.